The number of carbonyl (C=O) groups excluding carboxylic acids is 1. The highest BCUT2D eigenvalue weighted by Gasteiger charge is 2.43. The number of halogens is 1. The summed E-state index contributed by atoms with van der Waals surface area (Å²) in [6.45, 7) is 1.54. The van der Waals surface area contributed by atoms with E-state index in [-0.39, 0.29) is 16.3 Å². The summed E-state index contributed by atoms with van der Waals surface area (Å²) in [6, 6.07) is 4.22. The Morgan fingerprint density at radius 1 is 1.54 bits per heavy atom. The molecule has 0 aromatic heterocycles. The maximum Gasteiger partial charge on any atom is 0.265 e. The van der Waals surface area contributed by atoms with Crippen molar-refractivity contribution < 1.29 is 18.3 Å². The minimum Gasteiger partial charge on any atom is -0.366 e. The van der Waals surface area contributed by atoms with E-state index in [2.05, 4.69) is 4.99 Å². The molecule has 0 aliphatic carbocycles. The monoisotopic (exact) mass is 391 g/mol. The fourth-order valence-electron chi connectivity index (χ4n) is 2.24. The van der Waals surface area contributed by atoms with Gasteiger partial charge >= 0.3 is 0 Å². The number of hydrogen-bond acceptors (Lipinski definition) is 6. The van der Waals surface area contributed by atoms with Crippen LogP contribution in [0.4, 0.5) is 0 Å². The van der Waals surface area contributed by atoms with Crippen molar-refractivity contribution in [1.82, 2.24) is 9.62 Å². The molecule has 0 radical (unpaired) electrons. The van der Waals surface area contributed by atoms with Gasteiger partial charge in [-0.05, 0) is 12.1 Å². The largest absolute Gasteiger partial charge is 0.366 e. The van der Waals surface area contributed by atoms with Crippen molar-refractivity contribution in [2.45, 2.75) is 24.0 Å². The Kier molecular flexibility index (Phi) is 5.48. The van der Waals surface area contributed by atoms with Gasteiger partial charge in [-0.1, -0.05) is 36.4 Å². The zero-order valence-electron chi connectivity index (χ0n) is 13.4. The fourth-order valence-corrected chi connectivity index (χ4v) is 4.99. The lowest BCUT2D eigenvalue weighted by molar-refractivity contribution is -0.119. The third-order valence-corrected chi connectivity index (χ3v) is 6.80. The first-order valence-electron chi connectivity index (χ1n) is 7.07. The molecule has 0 bridgehead atoms. The highest BCUT2D eigenvalue weighted by Crippen LogP contribution is 2.39. The van der Waals surface area contributed by atoms with Gasteiger partial charge in [-0.2, -0.15) is 0 Å². The average Bonchev–Trinajstić information content (AvgIpc) is 2.83. The molecule has 1 saturated heterocycles. The van der Waals surface area contributed by atoms with Crippen LogP contribution in [0.1, 0.15) is 18.9 Å². The van der Waals surface area contributed by atoms with Crippen LogP contribution >= 0.6 is 23.4 Å². The second-order valence-corrected chi connectivity index (χ2v) is 8.20. The zero-order valence-corrected chi connectivity index (χ0v) is 15.8. The van der Waals surface area contributed by atoms with Gasteiger partial charge < -0.3 is 10.0 Å². The van der Waals surface area contributed by atoms with Crippen LogP contribution in [0.25, 0.3) is 0 Å². The molecule has 1 fully saturated rings. The van der Waals surface area contributed by atoms with Crippen LogP contribution in [0.2, 0.25) is 5.02 Å². The van der Waals surface area contributed by atoms with Crippen LogP contribution in [0.15, 0.2) is 28.1 Å². The Hall–Kier alpha value is -1.29. The van der Waals surface area contributed by atoms with Crippen molar-refractivity contribution in [2.24, 2.45) is 4.99 Å². The lowest BCUT2D eigenvalue weighted by Crippen LogP contribution is -2.42. The van der Waals surface area contributed by atoms with Crippen LogP contribution in [-0.2, 0) is 20.5 Å². The van der Waals surface area contributed by atoms with Crippen LogP contribution in [0, 0.1) is 0 Å². The number of sulfonamides is 1. The molecule has 7 nitrogen and oxygen atoms in total. The molecule has 1 aliphatic rings. The van der Waals surface area contributed by atoms with Gasteiger partial charge in [0.1, 0.15) is 4.90 Å². The van der Waals surface area contributed by atoms with Crippen molar-refractivity contribution in [3.05, 3.63) is 28.8 Å². The van der Waals surface area contributed by atoms with Crippen molar-refractivity contribution in [1.29, 1.82) is 0 Å². The third-order valence-electron chi connectivity index (χ3n) is 3.69. The van der Waals surface area contributed by atoms with Crippen LogP contribution in [0.3, 0.4) is 0 Å². The van der Waals surface area contributed by atoms with E-state index >= 15 is 0 Å². The summed E-state index contributed by atoms with van der Waals surface area (Å²) in [6.07, 6.45) is 0.0240. The van der Waals surface area contributed by atoms with E-state index in [1.807, 2.05) is 4.72 Å². The summed E-state index contributed by atoms with van der Waals surface area (Å²) in [5, 5.41) is 11.5. The predicted octanol–water partition coefficient (Wildman–Crippen LogP) is 1.36. The molecule has 132 valence electrons. The average molecular weight is 392 g/mol. The molecule has 1 unspecified atom stereocenters. The predicted molar refractivity (Wildman–Crippen MR) is 94.5 cm³/mol. The molecule has 0 saturated carbocycles. The molecule has 1 amide bonds. The van der Waals surface area contributed by atoms with Gasteiger partial charge in [-0.3, -0.25) is 9.79 Å². The SMILES string of the molecule is CCC(=O)NS(=O)(=O)c1cc(C2(O)CSC(=NC)N2C)ccc1Cl. The third kappa shape index (κ3) is 3.39. The maximum absolute atomic E-state index is 12.4. The van der Waals surface area contributed by atoms with Crippen molar-refractivity contribution in [3.8, 4) is 0 Å². The molecule has 2 rings (SSSR count). The number of aliphatic imine (C=N–C) groups is 1. The Bertz CT molecular complexity index is 797. The van der Waals surface area contributed by atoms with Gasteiger partial charge in [0, 0.05) is 26.1 Å². The molecule has 24 heavy (non-hydrogen) atoms. The number of nitrogens with one attached hydrogen (secondary N) is 1. The second-order valence-electron chi connectivity index (χ2n) is 5.20. The quantitative estimate of drug-likeness (QED) is 0.804. The number of rotatable bonds is 4. The van der Waals surface area contributed by atoms with E-state index in [1.54, 1.807) is 32.0 Å². The summed E-state index contributed by atoms with van der Waals surface area (Å²) in [7, 11) is -0.832. The fraction of sp³-hybridized carbons (Fsp3) is 0.429. The lowest BCUT2D eigenvalue weighted by atomic mass is 10.0. The highest BCUT2D eigenvalue weighted by molar-refractivity contribution is 8.14. The minimum atomic E-state index is -4.12. The van der Waals surface area contributed by atoms with Crippen molar-refractivity contribution in [3.63, 3.8) is 0 Å². The van der Waals surface area contributed by atoms with Gasteiger partial charge in [0.2, 0.25) is 5.91 Å². The molecular weight excluding hydrogens is 374 g/mol. The van der Waals surface area contributed by atoms with E-state index in [0.717, 1.165) is 0 Å². The number of aliphatic hydroxyl groups is 1. The standard InChI is InChI=1S/C14H18ClN3O4S2/c1-4-12(19)17-24(21,22)11-7-9(5-6-10(11)15)14(20)8-23-13(16-2)18(14)3/h5-7,20H,4,8H2,1-3H3,(H,17,19). The maximum atomic E-state index is 12.4. The molecule has 1 atom stereocenters. The molecular formula is C14H18ClN3O4S2. The Balaban J connectivity index is 2.48. The van der Waals surface area contributed by atoms with E-state index in [9.17, 15) is 18.3 Å². The van der Waals surface area contributed by atoms with Gasteiger partial charge in [0.05, 0.1) is 10.8 Å². The van der Waals surface area contributed by atoms with Crippen LogP contribution < -0.4 is 4.72 Å². The summed E-state index contributed by atoms with van der Waals surface area (Å²) in [4.78, 5) is 16.8. The first-order valence-corrected chi connectivity index (χ1v) is 9.92. The molecule has 1 aromatic rings. The number of amidine groups is 1. The van der Waals surface area contributed by atoms with E-state index in [4.69, 9.17) is 11.6 Å². The number of carbonyl (C=O) groups is 1. The highest BCUT2D eigenvalue weighted by atomic mass is 35.5. The first kappa shape index (κ1) is 19.0. The Morgan fingerprint density at radius 2 is 2.21 bits per heavy atom. The molecule has 10 heteroatoms. The van der Waals surface area contributed by atoms with Crippen LogP contribution in [-0.4, -0.2) is 49.3 Å². The molecule has 1 aromatic carbocycles. The normalized spacial score (nSPS) is 22.9. The van der Waals surface area contributed by atoms with Crippen molar-refractivity contribution in [2.75, 3.05) is 19.8 Å². The van der Waals surface area contributed by atoms with Gasteiger partial charge in [-0.15, -0.1) is 0 Å². The Labute approximate surface area is 150 Å². The summed E-state index contributed by atoms with van der Waals surface area (Å²) in [5.41, 5.74) is -1.06. The van der Waals surface area contributed by atoms with E-state index in [0.29, 0.717) is 16.5 Å². The lowest BCUT2D eigenvalue weighted by Gasteiger charge is -2.31. The van der Waals surface area contributed by atoms with Gasteiger partial charge in [0.25, 0.3) is 10.0 Å². The van der Waals surface area contributed by atoms with Crippen LogP contribution in [0.5, 0.6) is 0 Å². The summed E-state index contributed by atoms with van der Waals surface area (Å²) >= 11 is 7.35. The van der Waals surface area contributed by atoms with Gasteiger partial charge in [-0.25, -0.2) is 13.1 Å². The summed E-state index contributed by atoms with van der Waals surface area (Å²) < 4.78 is 26.7. The number of thioether (sulfide) groups is 1. The zero-order chi connectivity index (χ0) is 18.1. The number of benzene rings is 1. The van der Waals surface area contributed by atoms with Gasteiger partial charge in [0.15, 0.2) is 10.9 Å². The summed E-state index contributed by atoms with van der Waals surface area (Å²) in [5.74, 6) is -0.345. The smallest absolute Gasteiger partial charge is 0.265 e. The molecule has 2 N–H and O–H groups in total. The van der Waals surface area contributed by atoms with Crippen molar-refractivity contribution >= 4 is 44.5 Å². The molecule has 0 spiro atoms. The topological polar surface area (TPSA) is 99.1 Å². The first-order chi connectivity index (χ1) is 11.2. The second kappa shape index (κ2) is 6.91. The Morgan fingerprint density at radius 3 is 2.75 bits per heavy atom. The minimum absolute atomic E-state index is 0.0240. The number of amides is 1. The van der Waals surface area contributed by atoms with E-state index in [1.165, 1.54) is 23.9 Å². The number of hydrogen-bond donors (Lipinski definition) is 2. The number of nitrogens with zero attached hydrogens (tertiary/aromatic N) is 2. The van der Waals surface area contributed by atoms with E-state index < -0.39 is 21.7 Å². The molecule has 1 heterocycles. The molecule has 1 aliphatic heterocycles.